The van der Waals surface area contributed by atoms with Crippen LogP contribution in [-0.4, -0.2) is 35.3 Å². The van der Waals surface area contributed by atoms with Crippen molar-refractivity contribution >= 4 is 5.91 Å². The van der Waals surface area contributed by atoms with Crippen LogP contribution in [0.1, 0.15) is 37.2 Å². The lowest BCUT2D eigenvalue weighted by atomic mass is 10.2. The molecule has 5 heteroatoms. The van der Waals surface area contributed by atoms with Crippen LogP contribution in [0.25, 0.3) is 0 Å². The van der Waals surface area contributed by atoms with Gasteiger partial charge in [-0.1, -0.05) is 6.92 Å². The molecule has 2 N–H and O–H groups in total. The molecular formula is C13H20N2O3. The van der Waals surface area contributed by atoms with Gasteiger partial charge < -0.3 is 15.2 Å². The van der Waals surface area contributed by atoms with E-state index in [1.54, 1.807) is 18.3 Å². The highest BCUT2D eigenvalue weighted by Crippen LogP contribution is 2.14. The molecule has 100 valence electrons. The van der Waals surface area contributed by atoms with Gasteiger partial charge in [-0.3, -0.25) is 4.79 Å². The van der Waals surface area contributed by atoms with Crippen molar-refractivity contribution in [2.24, 2.45) is 0 Å². The van der Waals surface area contributed by atoms with Crippen LogP contribution in [0.15, 0.2) is 18.3 Å². The van der Waals surface area contributed by atoms with Gasteiger partial charge in [-0.15, -0.1) is 0 Å². The third kappa shape index (κ3) is 4.33. The summed E-state index contributed by atoms with van der Waals surface area (Å²) in [6.07, 6.45) is 2.40. The van der Waals surface area contributed by atoms with Crippen LogP contribution < -0.4 is 10.1 Å². The lowest BCUT2D eigenvalue weighted by Gasteiger charge is -2.10. The second kappa shape index (κ2) is 7.66. The molecule has 1 rings (SSSR count). The number of ether oxygens (including phenoxy) is 1. The van der Waals surface area contributed by atoms with Gasteiger partial charge in [0.25, 0.3) is 5.91 Å². The average molecular weight is 252 g/mol. The highest BCUT2D eigenvalue weighted by Gasteiger charge is 2.13. The fraction of sp³-hybridized carbons (Fsp3) is 0.538. The molecular weight excluding hydrogens is 232 g/mol. The summed E-state index contributed by atoms with van der Waals surface area (Å²) in [4.78, 5) is 15.9. The quantitative estimate of drug-likeness (QED) is 0.769. The van der Waals surface area contributed by atoms with Crippen LogP contribution in [-0.2, 0) is 0 Å². The molecule has 18 heavy (non-hydrogen) atoms. The number of nitrogens with one attached hydrogen (secondary N) is 1. The maximum atomic E-state index is 11.9. The molecule has 1 atom stereocenters. The van der Waals surface area contributed by atoms with Crippen LogP contribution in [0.5, 0.6) is 5.75 Å². The highest BCUT2D eigenvalue weighted by molar-refractivity contribution is 5.94. The first kappa shape index (κ1) is 14.4. The van der Waals surface area contributed by atoms with Gasteiger partial charge in [0.05, 0.1) is 12.7 Å². The molecule has 0 spiro atoms. The normalized spacial score (nSPS) is 11.9. The van der Waals surface area contributed by atoms with E-state index in [1.165, 1.54) is 0 Å². The lowest BCUT2D eigenvalue weighted by molar-refractivity contribution is 0.0933. The summed E-state index contributed by atoms with van der Waals surface area (Å²) in [5, 5.41) is 12.1. The van der Waals surface area contributed by atoms with E-state index in [4.69, 9.17) is 4.74 Å². The molecule has 1 amide bonds. The van der Waals surface area contributed by atoms with Crippen molar-refractivity contribution in [2.45, 2.75) is 32.8 Å². The highest BCUT2D eigenvalue weighted by atomic mass is 16.5. The number of aliphatic hydroxyl groups excluding tert-OH is 1. The van der Waals surface area contributed by atoms with Gasteiger partial charge in [0.2, 0.25) is 0 Å². The molecule has 1 aromatic rings. The van der Waals surface area contributed by atoms with Gasteiger partial charge in [0.15, 0.2) is 11.4 Å². The first-order chi connectivity index (χ1) is 8.69. The SMILES string of the molecule is CCOc1cccnc1C(=O)NCCC(O)CC. The zero-order valence-electron chi connectivity index (χ0n) is 10.8. The smallest absolute Gasteiger partial charge is 0.273 e. The second-order valence-electron chi connectivity index (χ2n) is 3.89. The van der Waals surface area contributed by atoms with Crippen molar-refractivity contribution in [1.29, 1.82) is 0 Å². The maximum Gasteiger partial charge on any atom is 0.273 e. The summed E-state index contributed by atoms with van der Waals surface area (Å²) in [6.45, 7) is 4.67. The summed E-state index contributed by atoms with van der Waals surface area (Å²) in [5.74, 6) is 0.205. The number of carbonyl (C=O) groups is 1. The first-order valence-corrected chi connectivity index (χ1v) is 6.23. The van der Waals surface area contributed by atoms with Crippen molar-refractivity contribution in [3.05, 3.63) is 24.0 Å². The number of amides is 1. The van der Waals surface area contributed by atoms with E-state index in [9.17, 15) is 9.90 Å². The Morgan fingerprint density at radius 3 is 3.00 bits per heavy atom. The van der Waals surface area contributed by atoms with Crippen molar-refractivity contribution in [3.8, 4) is 5.75 Å². The van der Waals surface area contributed by atoms with Gasteiger partial charge in [-0.05, 0) is 31.9 Å². The minimum absolute atomic E-state index is 0.276. The fourth-order valence-electron chi connectivity index (χ4n) is 1.47. The summed E-state index contributed by atoms with van der Waals surface area (Å²) in [6, 6.07) is 3.44. The summed E-state index contributed by atoms with van der Waals surface area (Å²) in [7, 11) is 0. The maximum absolute atomic E-state index is 11.9. The molecule has 0 fully saturated rings. The monoisotopic (exact) mass is 252 g/mol. The van der Waals surface area contributed by atoms with Crippen LogP contribution in [0.3, 0.4) is 0 Å². The molecule has 0 aromatic carbocycles. The Hall–Kier alpha value is -1.62. The zero-order valence-corrected chi connectivity index (χ0v) is 10.8. The third-order valence-electron chi connectivity index (χ3n) is 2.52. The Kier molecular flexibility index (Phi) is 6.14. The number of hydrogen-bond acceptors (Lipinski definition) is 4. The number of pyridine rings is 1. The fourth-order valence-corrected chi connectivity index (χ4v) is 1.47. The Labute approximate surface area is 107 Å². The molecule has 0 saturated heterocycles. The number of rotatable bonds is 7. The molecule has 0 aliphatic rings. The van der Waals surface area contributed by atoms with Crippen molar-refractivity contribution in [1.82, 2.24) is 10.3 Å². The third-order valence-corrected chi connectivity index (χ3v) is 2.52. The Morgan fingerprint density at radius 1 is 1.56 bits per heavy atom. The van der Waals surface area contributed by atoms with E-state index >= 15 is 0 Å². The minimum Gasteiger partial charge on any atom is -0.491 e. The molecule has 0 bridgehead atoms. The Bertz CT molecular complexity index is 382. The van der Waals surface area contributed by atoms with Crippen LogP contribution >= 0.6 is 0 Å². The number of aliphatic hydroxyl groups is 1. The molecule has 0 aliphatic carbocycles. The standard InChI is InChI=1S/C13H20N2O3/c1-3-10(16)7-9-15-13(17)12-11(18-4-2)6-5-8-14-12/h5-6,8,10,16H,3-4,7,9H2,1-2H3,(H,15,17). The van der Waals surface area contributed by atoms with Crippen molar-refractivity contribution < 1.29 is 14.6 Å². The minimum atomic E-state index is -0.375. The molecule has 0 radical (unpaired) electrons. The van der Waals surface area contributed by atoms with Gasteiger partial charge >= 0.3 is 0 Å². The van der Waals surface area contributed by atoms with E-state index in [0.29, 0.717) is 31.7 Å². The van der Waals surface area contributed by atoms with Crippen LogP contribution in [0.4, 0.5) is 0 Å². The Balaban J connectivity index is 2.55. The molecule has 5 nitrogen and oxygen atoms in total. The summed E-state index contributed by atoms with van der Waals surface area (Å²) >= 11 is 0. The lowest BCUT2D eigenvalue weighted by Crippen LogP contribution is -2.28. The molecule has 1 unspecified atom stereocenters. The predicted molar refractivity (Wildman–Crippen MR) is 68.7 cm³/mol. The van der Waals surface area contributed by atoms with E-state index in [2.05, 4.69) is 10.3 Å². The van der Waals surface area contributed by atoms with Crippen molar-refractivity contribution in [2.75, 3.05) is 13.2 Å². The Morgan fingerprint density at radius 2 is 2.33 bits per heavy atom. The van der Waals surface area contributed by atoms with Gasteiger partial charge in [0.1, 0.15) is 0 Å². The number of nitrogens with zero attached hydrogens (tertiary/aromatic N) is 1. The van der Waals surface area contributed by atoms with E-state index in [1.807, 2.05) is 13.8 Å². The molecule has 1 aromatic heterocycles. The number of hydrogen-bond donors (Lipinski definition) is 2. The van der Waals surface area contributed by atoms with Gasteiger partial charge in [0, 0.05) is 12.7 Å². The van der Waals surface area contributed by atoms with Gasteiger partial charge in [-0.25, -0.2) is 4.98 Å². The van der Waals surface area contributed by atoms with Crippen LogP contribution in [0, 0.1) is 0 Å². The molecule has 1 heterocycles. The van der Waals surface area contributed by atoms with Crippen molar-refractivity contribution in [3.63, 3.8) is 0 Å². The first-order valence-electron chi connectivity index (χ1n) is 6.23. The zero-order chi connectivity index (χ0) is 13.4. The summed E-state index contributed by atoms with van der Waals surface area (Å²) in [5.41, 5.74) is 0.283. The topological polar surface area (TPSA) is 71.5 Å². The predicted octanol–water partition coefficient (Wildman–Crippen LogP) is 1.37. The van der Waals surface area contributed by atoms with Crippen LogP contribution in [0.2, 0.25) is 0 Å². The molecule has 0 aliphatic heterocycles. The average Bonchev–Trinajstić information content (AvgIpc) is 2.39. The largest absolute Gasteiger partial charge is 0.491 e. The second-order valence-corrected chi connectivity index (χ2v) is 3.89. The number of carbonyl (C=O) groups excluding carboxylic acids is 1. The number of aromatic nitrogens is 1. The van der Waals surface area contributed by atoms with Gasteiger partial charge in [-0.2, -0.15) is 0 Å². The van der Waals surface area contributed by atoms with E-state index in [0.717, 1.165) is 0 Å². The van der Waals surface area contributed by atoms with E-state index in [-0.39, 0.29) is 17.7 Å². The molecule has 0 saturated carbocycles. The van der Waals surface area contributed by atoms with E-state index < -0.39 is 0 Å². The summed E-state index contributed by atoms with van der Waals surface area (Å²) < 4.78 is 5.33.